The van der Waals surface area contributed by atoms with Crippen LogP contribution < -0.4 is 0 Å². The van der Waals surface area contributed by atoms with Crippen LogP contribution in [0, 0.1) is 17.0 Å². The van der Waals surface area contributed by atoms with Crippen molar-refractivity contribution in [1.82, 2.24) is 14.1 Å². The third-order valence-corrected chi connectivity index (χ3v) is 5.34. The zero-order valence-electron chi connectivity index (χ0n) is 13.1. The molecule has 2 rings (SSSR count). The quantitative estimate of drug-likeness (QED) is 0.592. The molecule has 0 saturated carbocycles. The summed E-state index contributed by atoms with van der Waals surface area (Å²) in [7, 11) is -2.25. The van der Waals surface area contributed by atoms with Crippen molar-refractivity contribution in [3.8, 4) is 0 Å². The number of hydrogen-bond acceptors (Lipinski definition) is 5. The van der Waals surface area contributed by atoms with E-state index in [1.807, 2.05) is 20.0 Å². The van der Waals surface area contributed by atoms with Crippen molar-refractivity contribution < 1.29 is 13.3 Å². The monoisotopic (exact) mass is 338 g/mol. The maximum Gasteiger partial charge on any atom is 0.269 e. The summed E-state index contributed by atoms with van der Waals surface area (Å²) >= 11 is 0. The number of aryl methyl sites for hydroxylation is 2. The van der Waals surface area contributed by atoms with E-state index in [-0.39, 0.29) is 17.1 Å². The van der Waals surface area contributed by atoms with Gasteiger partial charge in [-0.15, -0.1) is 0 Å². The summed E-state index contributed by atoms with van der Waals surface area (Å²) in [6.07, 6.45) is 1.82. The molecule has 124 valence electrons. The maximum absolute atomic E-state index is 12.5. The van der Waals surface area contributed by atoms with Crippen LogP contribution in [0.15, 0.2) is 35.4 Å². The second kappa shape index (κ2) is 6.47. The zero-order valence-corrected chi connectivity index (χ0v) is 13.9. The lowest BCUT2D eigenvalue weighted by Crippen LogP contribution is -2.26. The van der Waals surface area contributed by atoms with Crippen molar-refractivity contribution in [1.29, 1.82) is 0 Å². The van der Waals surface area contributed by atoms with Gasteiger partial charge in [-0.1, -0.05) is 0 Å². The van der Waals surface area contributed by atoms with Crippen LogP contribution in [0.2, 0.25) is 0 Å². The number of non-ortho nitro benzene ring substituents is 1. The van der Waals surface area contributed by atoms with Crippen LogP contribution >= 0.6 is 0 Å². The first-order chi connectivity index (χ1) is 10.8. The molecule has 0 radical (unpaired) electrons. The molecular weight excluding hydrogens is 320 g/mol. The molecule has 23 heavy (non-hydrogen) atoms. The molecule has 0 atom stereocenters. The van der Waals surface area contributed by atoms with E-state index in [0.717, 1.165) is 11.3 Å². The van der Waals surface area contributed by atoms with E-state index in [9.17, 15) is 18.5 Å². The first kappa shape index (κ1) is 17.1. The van der Waals surface area contributed by atoms with Gasteiger partial charge in [-0.3, -0.25) is 14.8 Å². The number of nitro groups is 1. The molecule has 0 fully saturated rings. The lowest BCUT2D eigenvalue weighted by atomic mass is 10.3. The highest BCUT2D eigenvalue weighted by Gasteiger charge is 2.23. The van der Waals surface area contributed by atoms with Crippen LogP contribution in [0.5, 0.6) is 0 Å². The number of hydrogen-bond donors (Lipinski definition) is 0. The van der Waals surface area contributed by atoms with Crippen LogP contribution in [-0.2, 0) is 23.1 Å². The summed E-state index contributed by atoms with van der Waals surface area (Å²) in [5.41, 5.74) is 1.45. The van der Waals surface area contributed by atoms with Gasteiger partial charge in [0.25, 0.3) is 5.69 Å². The Morgan fingerprint density at radius 2 is 1.91 bits per heavy atom. The summed E-state index contributed by atoms with van der Waals surface area (Å²) in [5, 5.41) is 14.9. The number of aromatic nitrogens is 2. The van der Waals surface area contributed by atoms with Gasteiger partial charge in [-0.05, 0) is 26.0 Å². The van der Waals surface area contributed by atoms with Crippen LogP contribution in [-0.4, -0.2) is 34.5 Å². The number of nitro benzene ring substituents is 1. The average molecular weight is 338 g/mol. The van der Waals surface area contributed by atoms with E-state index < -0.39 is 14.9 Å². The summed E-state index contributed by atoms with van der Waals surface area (Å²) in [6, 6.07) is 4.85. The fourth-order valence-electron chi connectivity index (χ4n) is 2.12. The van der Waals surface area contributed by atoms with Crippen molar-refractivity contribution in [2.24, 2.45) is 0 Å². The molecule has 0 spiro atoms. The van der Waals surface area contributed by atoms with E-state index in [1.165, 1.54) is 35.6 Å². The van der Waals surface area contributed by atoms with E-state index >= 15 is 0 Å². The normalized spacial score (nSPS) is 11.8. The molecule has 0 aliphatic carbocycles. The van der Waals surface area contributed by atoms with E-state index in [2.05, 4.69) is 5.10 Å². The lowest BCUT2D eigenvalue weighted by molar-refractivity contribution is -0.384. The van der Waals surface area contributed by atoms with Gasteiger partial charge in [0, 0.05) is 44.0 Å². The highest BCUT2D eigenvalue weighted by Crippen LogP contribution is 2.20. The Hall–Kier alpha value is -2.26. The van der Waals surface area contributed by atoms with Crippen LogP contribution in [0.3, 0.4) is 0 Å². The summed E-state index contributed by atoms with van der Waals surface area (Å²) in [5.74, 6) is 0. The first-order valence-corrected chi connectivity index (χ1v) is 8.43. The molecule has 0 aliphatic rings. The lowest BCUT2D eigenvalue weighted by Gasteiger charge is -2.16. The molecule has 0 saturated heterocycles. The molecule has 0 bridgehead atoms. The van der Waals surface area contributed by atoms with Gasteiger partial charge in [-0.25, -0.2) is 8.42 Å². The van der Waals surface area contributed by atoms with Crippen molar-refractivity contribution in [2.45, 2.75) is 31.8 Å². The van der Waals surface area contributed by atoms with Crippen molar-refractivity contribution >= 4 is 15.7 Å². The third kappa shape index (κ3) is 3.57. The van der Waals surface area contributed by atoms with Gasteiger partial charge in [0.1, 0.15) is 0 Å². The molecule has 1 aromatic carbocycles. The van der Waals surface area contributed by atoms with Gasteiger partial charge < -0.3 is 0 Å². The minimum absolute atomic E-state index is 0.0196. The molecule has 0 aliphatic heterocycles. The van der Waals surface area contributed by atoms with Crippen LogP contribution in [0.1, 0.15) is 18.2 Å². The number of rotatable bonds is 6. The molecule has 1 aromatic heterocycles. The summed E-state index contributed by atoms with van der Waals surface area (Å²) in [6.45, 7) is 4.67. The average Bonchev–Trinajstić information content (AvgIpc) is 2.87. The van der Waals surface area contributed by atoms with E-state index in [1.54, 1.807) is 4.68 Å². The smallest absolute Gasteiger partial charge is 0.269 e. The molecule has 0 amide bonds. The highest BCUT2D eigenvalue weighted by molar-refractivity contribution is 7.89. The molecule has 9 heteroatoms. The van der Waals surface area contributed by atoms with E-state index in [0.29, 0.717) is 6.54 Å². The molecule has 8 nitrogen and oxygen atoms in total. The Morgan fingerprint density at radius 1 is 1.30 bits per heavy atom. The Balaban J connectivity index is 2.24. The predicted molar refractivity (Wildman–Crippen MR) is 84.4 cm³/mol. The van der Waals surface area contributed by atoms with Gasteiger partial charge in [0.05, 0.1) is 15.5 Å². The first-order valence-electron chi connectivity index (χ1n) is 6.99. The van der Waals surface area contributed by atoms with Crippen LogP contribution in [0.4, 0.5) is 5.69 Å². The largest absolute Gasteiger partial charge is 0.272 e. The van der Waals surface area contributed by atoms with Gasteiger partial charge in [0.2, 0.25) is 10.0 Å². The highest BCUT2D eigenvalue weighted by atomic mass is 32.2. The Bertz CT molecular complexity index is 812. The fourth-order valence-corrected chi connectivity index (χ4v) is 3.27. The van der Waals surface area contributed by atoms with Gasteiger partial charge >= 0.3 is 0 Å². The minimum atomic E-state index is -3.72. The molecule has 0 N–H and O–H groups in total. The standard InChI is InChI=1S/C14H18N4O4S/c1-4-17-10-12(11(2)15-17)9-16(3)23(21,22)14-7-5-13(6-8-14)18(19)20/h5-8,10H,4,9H2,1-3H3. The Kier molecular flexibility index (Phi) is 4.81. The number of benzene rings is 1. The third-order valence-electron chi connectivity index (χ3n) is 3.52. The number of nitrogens with zero attached hydrogens (tertiary/aromatic N) is 4. The van der Waals surface area contributed by atoms with Crippen LogP contribution in [0.25, 0.3) is 0 Å². The molecule has 1 heterocycles. The van der Waals surface area contributed by atoms with Gasteiger partial charge in [-0.2, -0.15) is 9.40 Å². The van der Waals surface area contributed by atoms with Crippen molar-refractivity contribution in [2.75, 3.05) is 7.05 Å². The minimum Gasteiger partial charge on any atom is -0.272 e. The Morgan fingerprint density at radius 3 is 2.39 bits per heavy atom. The topological polar surface area (TPSA) is 98.3 Å². The summed E-state index contributed by atoms with van der Waals surface area (Å²) < 4.78 is 28.0. The predicted octanol–water partition coefficient (Wildman–Crippen LogP) is 1.94. The maximum atomic E-state index is 12.5. The second-order valence-electron chi connectivity index (χ2n) is 5.11. The SMILES string of the molecule is CCn1cc(CN(C)S(=O)(=O)c2ccc([N+](=O)[O-])cc2)c(C)n1. The Labute approximate surface area is 134 Å². The summed E-state index contributed by atoms with van der Waals surface area (Å²) in [4.78, 5) is 10.1. The zero-order chi connectivity index (χ0) is 17.2. The van der Waals surface area contributed by atoms with Gasteiger partial charge in [0.15, 0.2) is 0 Å². The van der Waals surface area contributed by atoms with Crippen molar-refractivity contribution in [3.63, 3.8) is 0 Å². The molecule has 2 aromatic rings. The number of sulfonamides is 1. The molecule has 0 unspecified atom stereocenters. The molecular formula is C14H18N4O4S. The fraction of sp³-hybridized carbons (Fsp3) is 0.357. The van der Waals surface area contributed by atoms with E-state index in [4.69, 9.17) is 0 Å². The second-order valence-corrected chi connectivity index (χ2v) is 7.15. The van der Waals surface area contributed by atoms with Crippen molar-refractivity contribution in [3.05, 3.63) is 51.8 Å².